The Labute approximate surface area is 170 Å². The third-order valence-electron chi connectivity index (χ3n) is 5.79. The minimum Gasteiger partial charge on any atom is -0.497 e. The van der Waals surface area contributed by atoms with Crippen molar-refractivity contribution >= 4 is 11.9 Å². The molecule has 1 aromatic carbocycles. The average Bonchev–Trinajstić information content (AvgIpc) is 2.67. The van der Waals surface area contributed by atoms with Gasteiger partial charge in [-0.1, -0.05) is 12.1 Å². The molecule has 2 heterocycles. The smallest absolute Gasteiger partial charge is 0.315 e. The first-order valence-electron chi connectivity index (χ1n) is 9.86. The number of benzene rings is 1. The quantitative estimate of drug-likeness (QED) is 0.816. The Bertz CT molecular complexity index is 899. The number of methoxy groups -OCH3 is 1. The number of ether oxygens (including phenoxy) is 1. The maximum absolute atomic E-state index is 12.5. The highest BCUT2D eigenvalue weighted by molar-refractivity contribution is 5.94. The molecular formula is C22H26N4O3. The van der Waals surface area contributed by atoms with Crippen LogP contribution in [0.4, 0.5) is 4.79 Å². The van der Waals surface area contributed by atoms with E-state index >= 15 is 0 Å². The second-order valence-electron chi connectivity index (χ2n) is 8.13. The maximum atomic E-state index is 12.5. The molecule has 4 rings (SSSR count). The maximum Gasteiger partial charge on any atom is 0.315 e. The lowest BCUT2D eigenvalue weighted by Gasteiger charge is -2.59. The fourth-order valence-electron chi connectivity index (χ4n) is 4.28. The molecular weight excluding hydrogens is 368 g/mol. The zero-order valence-corrected chi connectivity index (χ0v) is 16.8. The third-order valence-corrected chi connectivity index (χ3v) is 5.79. The van der Waals surface area contributed by atoms with Crippen LogP contribution in [0, 0.1) is 12.3 Å². The van der Waals surface area contributed by atoms with E-state index in [1.807, 2.05) is 42.2 Å². The van der Waals surface area contributed by atoms with Gasteiger partial charge in [-0.3, -0.25) is 9.78 Å². The summed E-state index contributed by atoms with van der Waals surface area (Å²) in [6.45, 7) is 3.88. The number of carbonyl (C=O) groups excluding carboxylic acids is 2. The Hall–Kier alpha value is -3.09. The molecule has 152 valence electrons. The fraction of sp³-hybridized carbons (Fsp3) is 0.409. The van der Waals surface area contributed by atoms with E-state index in [1.54, 1.807) is 19.4 Å². The lowest BCUT2D eigenvalue weighted by atomic mass is 9.60. The average molecular weight is 394 g/mol. The number of hydrogen-bond donors (Lipinski definition) is 2. The molecule has 1 saturated heterocycles. The number of rotatable bonds is 5. The third kappa shape index (κ3) is 4.18. The number of aryl methyl sites for hydroxylation is 1. The molecule has 1 aliphatic carbocycles. The zero-order valence-electron chi connectivity index (χ0n) is 16.8. The van der Waals surface area contributed by atoms with Crippen molar-refractivity contribution in [2.24, 2.45) is 5.41 Å². The molecule has 0 bridgehead atoms. The van der Waals surface area contributed by atoms with Crippen LogP contribution in [0.2, 0.25) is 0 Å². The molecule has 7 heteroatoms. The summed E-state index contributed by atoms with van der Waals surface area (Å²) in [5.41, 5.74) is 2.73. The van der Waals surface area contributed by atoms with Crippen LogP contribution in [0.1, 0.15) is 34.5 Å². The number of likely N-dealkylation sites (tertiary alicyclic amines) is 1. The van der Waals surface area contributed by atoms with Crippen molar-refractivity contribution in [1.82, 2.24) is 20.5 Å². The number of aromatic nitrogens is 1. The number of pyridine rings is 1. The van der Waals surface area contributed by atoms with E-state index in [2.05, 4.69) is 15.6 Å². The van der Waals surface area contributed by atoms with E-state index in [0.717, 1.165) is 42.9 Å². The molecule has 2 fully saturated rings. The van der Waals surface area contributed by atoms with Gasteiger partial charge in [-0.2, -0.15) is 0 Å². The van der Waals surface area contributed by atoms with Gasteiger partial charge in [0.2, 0.25) is 0 Å². The van der Waals surface area contributed by atoms with Gasteiger partial charge in [0.05, 0.1) is 7.11 Å². The molecule has 0 unspecified atom stereocenters. The van der Waals surface area contributed by atoms with Crippen molar-refractivity contribution < 1.29 is 14.3 Å². The van der Waals surface area contributed by atoms with Gasteiger partial charge in [0, 0.05) is 48.5 Å². The number of carbonyl (C=O) groups is 2. The lowest BCUT2D eigenvalue weighted by molar-refractivity contribution is -0.0585. The molecule has 1 spiro atoms. The van der Waals surface area contributed by atoms with Gasteiger partial charge in [-0.25, -0.2) is 4.79 Å². The van der Waals surface area contributed by atoms with Crippen LogP contribution in [0.5, 0.6) is 5.75 Å². The molecule has 2 N–H and O–H groups in total. The molecule has 7 nitrogen and oxygen atoms in total. The Kier molecular flexibility index (Phi) is 5.13. The highest BCUT2D eigenvalue weighted by Crippen LogP contribution is 2.48. The Morgan fingerprint density at radius 2 is 1.93 bits per heavy atom. The monoisotopic (exact) mass is 394 g/mol. The first kappa shape index (κ1) is 19.2. The summed E-state index contributed by atoms with van der Waals surface area (Å²) >= 11 is 0. The highest BCUT2D eigenvalue weighted by Gasteiger charge is 2.54. The topological polar surface area (TPSA) is 83.6 Å². The summed E-state index contributed by atoms with van der Waals surface area (Å²) < 4.78 is 5.13. The molecule has 1 saturated carbocycles. The molecule has 0 atom stereocenters. The normalized spacial score (nSPS) is 17.2. The molecule has 1 aromatic heterocycles. The van der Waals surface area contributed by atoms with Crippen LogP contribution in [-0.4, -0.2) is 48.1 Å². The molecule has 2 aliphatic rings. The van der Waals surface area contributed by atoms with Crippen molar-refractivity contribution in [3.8, 4) is 5.75 Å². The van der Waals surface area contributed by atoms with Crippen LogP contribution >= 0.6 is 0 Å². The summed E-state index contributed by atoms with van der Waals surface area (Å²) in [7, 11) is 1.63. The number of urea groups is 1. The first-order valence-corrected chi connectivity index (χ1v) is 9.86. The number of nitrogens with zero attached hydrogens (tertiary/aromatic N) is 2. The van der Waals surface area contributed by atoms with Gasteiger partial charge in [0.15, 0.2) is 0 Å². The van der Waals surface area contributed by atoms with Gasteiger partial charge in [-0.15, -0.1) is 0 Å². The van der Waals surface area contributed by atoms with E-state index in [4.69, 9.17) is 4.74 Å². The van der Waals surface area contributed by atoms with E-state index in [1.165, 1.54) is 0 Å². The molecule has 0 radical (unpaired) electrons. The Balaban J connectivity index is 1.18. The SMILES string of the molecule is COc1ccc(CNC(=O)NC2CC3(C2)CN(C(=O)c2ccnc(C)c2)C3)cc1. The summed E-state index contributed by atoms with van der Waals surface area (Å²) in [5.74, 6) is 0.861. The van der Waals surface area contributed by atoms with Crippen LogP contribution in [-0.2, 0) is 6.54 Å². The van der Waals surface area contributed by atoms with Crippen LogP contribution in [0.3, 0.4) is 0 Å². The number of hydrogen-bond acceptors (Lipinski definition) is 4. The first-order chi connectivity index (χ1) is 14.0. The van der Waals surface area contributed by atoms with Crippen LogP contribution in [0.25, 0.3) is 0 Å². The fourth-order valence-corrected chi connectivity index (χ4v) is 4.28. The molecule has 1 aliphatic heterocycles. The van der Waals surface area contributed by atoms with Gasteiger partial charge >= 0.3 is 6.03 Å². The number of amides is 3. The second kappa shape index (κ2) is 7.73. The van der Waals surface area contributed by atoms with E-state index in [9.17, 15) is 9.59 Å². The number of nitrogens with one attached hydrogen (secondary N) is 2. The van der Waals surface area contributed by atoms with Crippen molar-refractivity contribution in [1.29, 1.82) is 0 Å². The van der Waals surface area contributed by atoms with Crippen molar-refractivity contribution in [2.75, 3.05) is 20.2 Å². The van der Waals surface area contributed by atoms with E-state index in [-0.39, 0.29) is 23.4 Å². The van der Waals surface area contributed by atoms with Gasteiger partial charge in [0.25, 0.3) is 5.91 Å². The Morgan fingerprint density at radius 1 is 1.21 bits per heavy atom. The summed E-state index contributed by atoms with van der Waals surface area (Å²) in [6, 6.07) is 11.2. The molecule has 2 aromatic rings. The van der Waals surface area contributed by atoms with Crippen molar-refractivity contribution in [2.45, 2.75) is 32.4 Å². The second-order valence-corrected chi connectivity index (χ2v) is 8.13. The largest absolute Gasteiger partial charge is 0.497 e. The summed E-state index contributed by atoms with van der Waals surface area (Å²) in [4.78, 5) is 30.7. The standard InChI is InChI=1S/C22H26N4O3/c1-15-9-17(7-8-23-15)20(27)26-13-22(14-26)10-18(11-22)25-21(28)24-12-16-3-5-19(29-2)6-4-16/h3-9,18H,10-14H2,1-2H3,(H2,24,25,28). The molecule has 29 heavy (non-hydrogen) atoms. The molecule has 3 amide bonds. The van der Waals surface area contributed by atoms with Crippen LogP contribution < -0.4 is 15.4 Å². The minimum atomic E-state index is -0.153. The Morgan fingerprint density at radius 3 is 2.59 bits per heavy atom. The van der Waals surface area contributed by atoms with Crippen molar-refractivity contribution in [3.63, 3.8) is 0 Å². The predicted octanol–water partition coefficient (Wildman–Crippen LogP) is 2.50. The van der Waals surface area contributed by atoms with Gasteiger partial charge in [-0.05, 0) is 49.6 Å². The minimum absolute atomic E-state index is 0.0646. The van der Waals surface area contributed by atoms with Crippen LogP contribution in [0.15, 0.2) is 42.6 Å². The predicted molar refractivity (Wildman–Crippen MR) is 109 cm³/mol. The summed E-state index contributed by atoms with van der Waals surface area (Å²) in [6.07, 6.45) is 3.51. The van der Waals surface area contributed by atoms with E-state index in [0.29, 0.717) is 12.1 Å². The highest BCUT2D eigenvalue weighted by atomic mass is 16.5. The van der Waals surface area contributed by atoms with Crippen molar-refractivity contribution in [3.05, 3.63) is 59.4 Å². The van der Waals surface area contributed by atoms with Gasteiger partial charge < -0.3 is 20.3 Å². The van der Waals surface area contributed by atoms with E-state index < -0.39 is 0 Å². The summed E-state index contributed by atoms with van der Waals surface area (Å²) in [5, 5.41) is 5.92. The zero-order chi connectivity index (χ0) is 20.4. The van der Waals surface area contributed by atoms with Gasteiger partial charge in [0.1, 0.15) is 5.75 Å². The lowest BCUT2D eigenvalue weighted by Crippen LogP contribution is -2.67.